The molecule has 0 unspecified atom stereocenters. The lowest BCUT2D eigenvalue weighted by Gasteiger charge is -2.51. The number of ether oxygens (including phenoxy) is 2. The summed E-state index contributed by atoms with van der Waals surface area (Å²) in [4.78, 5) is 47.6. The fourth-order valence-electron chi connectivity index (χ4n) is 4.85. The highest BCUT2D eigenvalue weighted by molar-refractivity contribution is 6.15. The van der Waals surface area contributed by atoms with E-state index in [1.807, 2.05) is 19.1 Å². The van der Waals surface area contributed by atoms with Crippen LogP contribution in [-0.2, 0) is 16.0 Å². The van der Waals surface area contributed by atoms with Crippen LogP contribution in [0.2, 0.25) is 0 Å². The van der Waals surface area contributed by atoms with Gasteiger partial charge in [-0.2, -0.15) is 4.98 Å². The third-order valence-electron chi connectivity index (χ3n) is 6.65. The Labute approximate surface area is 196 Å². The van der Waals surface area contributed by atoms with E-state index < -0.39 is 17.4 Å². The Morgan fingerprint density at radius 1 is 1.21 bits per heavy atom. The van der Waals surface area contributed by atoms with Gasteiger partial charge in [-0.1, -0.05) is 0 Å². The van der Waals surface area contributed by atoms with Gasteiger partial charge in [-0.25, -0.2) is 0 Å². The van der Waals surface area contributed by atoms with Crippen molar-refractivity contribution < 1.29 is 28.3 Å². The van der Waals surface area contributed by atoms with Crippen LogP contribution >= 0.6 is 0 Å². The number of furan rings is 1. The number of anilines is 2. The molecular weight excluding hydrogens is 442 g/mol. The van der Waals surface area contributed by atoms with Gasteiger partial charge in [-0.3, -0.25) is 19.3 Å². The molecular formula is C23H27N5O6. The molecule has 2 N–H and O–H groups in total. The van der Waals surface area contributed by atoms with Crippen molar-refractivity contribution in [1.82, 2.24) is 9.88 Å². The maximum Gasteiger partial charge on any atom is 0.263 e. The fourth-order valence-corrected chi connectivity index (χ4v) is 4.85. The standard InChI is InChI=1S/C23H27N5O6/c1-3-33-21-16(4-5-18(25-21)27-8-6-26(7-9-27)14(2)29)28-22(31)19-15(20(24)30)11-34-17(19)10-23(28)12-32-13-23/h4-5,11H,3,6-10,12-13H2,1-2H3,(H2,24,30). The van der Waals surface area contributed by atoms with Gasteiger partial charge < -0.3 is 29.4 Å². The Hall–Kier alpha value is -3.60. The molecule has 0 aromatic carbocycles. The minimum atomic E-state index is -0.720. The molecule has 0 bridgehead atoms. The summed E-state index contributed by atoms with van der Waals surface area (Å²) in [5.74, 6) is 0.412. The SMILES string of the molecule is CCOc1nc(N2CCN(C(C)=O)CC2)ccc1N1C(=O)c2c(C(N)=O)coc2CC12COC2. The smallest absolute Gasteiger partial charge is 0.263 e. The Morgan fingerprint density at radius 2 is 1.94 bits per heavy atom. The van der Waals surface area contributed by atoms with Crippen LogP contribution in [0, 0.1) is 0 Å². The average molecular weight is 469 g/mol. The van der Waals surface area contributed by atoms with Gasteiger partial charge in [-0.15, -0.1) is 0 Å². The summed E-state index contributed by atoms with van der Waals surface area (Å²) in [7, 11) is 0. The molecule has 0 saturated carbocycles. The number of hydrogen-bond acceptors (Lipinski definition) is 8. The molecule has 5 heterocycles. The summed E-state index contributed by atoms with van der Waals surface area (Å²) in [5, 5.41) is 0. The summed E-state index contributed by atoms with van der Waals surface area (Å²) in [6.07, 6.45) is 1.63. The normalized spacial score (nSPS) is 19.1. The number of hydrogen-bond donors (Lipinski definition) is 1. The van der Waals surface area contributed by atoms with Crippen molar-refractivity contribution in [3.05, 3.63) is 35.3 Å². The Kier molecular flexibility index (Phi) is 5.43. The molecule has 2 fully saturated rings. The monoisotopic (exact) mass is 469 g/mol. The Bertz CT molecular complexity index is 1150. The molecule has 11 nitrogen and oxygen atoms in total. The van der Waals surface area contributed by atoms with E-state index in [-0.39, 0.29) is 17.0 Å². The number of piperazine rings is 1. The molecule has 1 spiro atoms. The van der Waals surface area contributed by atoms with Crippen LogP contribution in [0.15, 0.2) is 22.8 Å². The van der Waals surface area contributed by atoms with Crippen molar-refractivity contribution in [2.75, 3.05) is 55.8 Å². The summed E-state index contributed by atoms with van der Waals surface area (Å²) in [6, 6.07) is 3.67. The van der Waals surface area contributed by atoms with E-state index >= 15 is 0 Å². The van der Waals surface area contributed by atoms with Gasteiger partial charge in [0.2, 0.25) is 11.8 Å². The van der Waals surface area contributed by atoms with Gasteiger partial charge in [0.05, 0.1) is 30.9 Å². The molecule has 5 rings (SSSR count). The fraction of sp³-hybridized carbons (Fsp3) is 0.478. The van der Waals surface area contributed by atoms with Crippen LogP contribution in [0.1, 0.15) is 40.3 Å². The molecule has 2 aromatic heterocycles. The predicted octanol–water partition coefficient (Wildman–Crippen LogP) is 0.813. The molecule has 180 valence electrons. The molecule has 34 heavy (non-hydrogen) atoms. The van der Waals surface area contributed by atoms with Crippen LogP contribution in [0.3, 0.4) is 0 Å². The maximum absolute atomic E-state index is 13.7. The number of amides is 3. The maximum atomic E-state index is 13.7. The third-order valence-corrected chi connectivity index (χ3v) is 6.65. The van der Waals surface area contributed by atoms with E-state index in [1.165, 1.54) is 6.26 Å². The first-order chi connectivity index (χ1) is 16.3. The second kappa shape index (κ2) is 8.32. The molecule has 0 radical (unpaired) electrons. The largest absolute Gasteiger partial charge is 0.476 e. The first kappa shape index (κ1) is 22.2. The van der Waals surface area contributed by atoms with Gasteiger partial charge in [0, 0.05) is 39.5 Å². The second-order valence-corrected chi connectivity index (χ2v) is 8.77. The number of rotatable bonds is 5. The highest BCUT2D eigenvalue weighted by atomic mass is 16.5. The summed E-state index contributed by atoms with van der Waals surface area (Å²) >= 11 is 0. The minimum Gasteiger partial charge on any atom is -0.476 e. The number of aromatic nitrogens is 1. The zero-order chi connectivity index (χ0) is 24.0. The van der Waals surface area contributed by atoms with Gasteiger partial charge >= 0.3 is 0 Å². The highest BCUT2D eigenvalue weighted by Gasteiger charge is 2.54. The third kappa shape index (κ3) is 3.47. The summed E-state index contributed by atoms with van der Waals surface area (Å²) in [5.41, 5.74) is 5.58. The zero-order valence-corrected chi connectivity index (χ0v) is 19.2. The lowest BCUT2D eigenvalue weighted by molar-refractivity contribution is -0.129. The van der Waals surface area contributed by atoms with Crippen molar-refractivity contribution in [3.63, 3.8) is 0 Å². The summed E-state index contributed by atoms with van der Waals surface area (Å²) in [6.45, 7) is 6.97. The number of fused-ring (bicyclic) bond motifs is 1. The second-order valence-electron chi connectivity index (χ2n) is 8.77. The quantitative estimate of drug-likeness (QED) is 0.681. The first-order valence-electron chi connectivity index (χ1n) is 11.3. The topological polar surface area (TPSA) is 131 Å². The van der Waals surface area contributed by atoms with Crippen LogP contribution in [0.25, 0.3) is 0 Å². The van der Waals surface area contributed by atoms with Crippen LogP contribution in [-0.4, -0.2) is 79.1 Å². The Morgan fingerprint density at radius 3 is 2.53 bits per heavy atom. The van der Waals surface area contributed by atoms with E-state index in [0.29, 0.717) is 75.6 Å². The molecule has 2 aromatic rings. The van der Waals surface area contributed by atoms with Crippen LogP contribution in [0.4, 0.5) is 11.5 Å². The summed E-state index contributed by atoms with van der Waals surface area (Å²) < 4.78 is 16.9. The van der Waals surface area contributed by atoms with E-state index in [0.717, 1.165) is 0 Å². The van der Waals surface area contributed by atoms with Crippen molar-refractivity contribution in [1.29, 1.82) is 0 Å². The van der Waals surface area contributed by atoms with Crippen molar-refractivity contribution in [2.45, 2.75) is 25.8 Å². The van der Waals surface area contributed by atoms with E-state index in [1.54, 1.807) is 16.7 Å². The van der Waals surface area contributed by atoms with Crippen molar-refractivity contribution in [3.8, 4) is 5.88 Å². The lowest BCUT2D eigenvalue weighted by atomic mass is 9.83. The molecule has 2 saturated heterocycles. The van der Waals surface area contributed by atoms with Crippen LogP contribution < -0.4 is 20.3 Å². The van der Waals surface area contributed by atoms with Gasteiger partial charge in [0.15, 0.2) is 0 Å². The number of nitrogens with two attached hydrogens (primary N) is 1. The highest BCUT2D eigenvalue weighted by Crippen LogP contribution is 2.44. The predicted molar refractivity (Wildman–Crippen MR) is 121 cm³/mol. The number of carbonyl (C=O) groups is 3. The zero-order valence-electron chi connectivity index (χ0n) is 19.2. The van der Waals surface area contributed by atoms with E-state index in [4.69, 9.17) is 24.6 Å². The van der Waals surface area contributed by atoms with Crippen molar-refractivity contribution in [2.24, 2.45) is 5.73 Å². The number of pyridine rings is 1. The first-order valence-corrected chi connectivity index (χ1v) is 11.3. The lowest BCUT2D eigenvalue weighted by Crippen LogP contribution is -2.68. The minimum absolute atomic E-state index is 0.0588. The van der Waals surface area contributed by atoms with E-state index in [9.17, 15) is 14.4 Å². The number of carbonyl (C=O) groups excluding carboxylic acids is 3. The molecule has 11 heteroatoms. The average Bonchev–Trinajstić information content (AvgIpc) is 3.23. The number of nitrogens with zero attached hydrogens (tertiary/aromatic N) is 4. The van der Waals surface area contributed by atoms with Gasteiger partial charge in [0.1, 0.15) is 29.1 Å². The number of primary amides is 1. The van der Waals surface area contributed by atoms with Crippen molar-refractivity contribution >= 4 is 29.2 Å². The van der Waals surface area contributed by atoms with E-state index in [2.05, 4.69) is 4.90 Å². The molecule has 0 aliphatic carbocycles. The molecule has 3 aliphatic rings. The molecule has 0 atom stereocenters. The Balaban J connectivity index is 1.52. The molecule has 3 amide bonds. The van der Waals surface area contributed by atoms with Gasteiger partial charge in [-0.05, 0) is 19.1 Å². The van der Waals surface area contributed by atoms with Crippen LogP contribution in [0.5, 0.6) is 5.88 Å². The van der Waals surface area contributed by atoms with Gasteiger partial charge in [0.25, 0.3) is 11.8 Å². The molecule has 3 aliphatic heterocycles.